The number of benzene rings is 1. The molecule has 0 saturated heterocycles. The molecule has 2 atom stereocenters. The summed E-state index contributed by atoms with van der Waals surface area (Å²) >= 11 is 3.68. The number of rotatable bonds is 6. The van der Waals surface area contributed by atoms with Gasteiger partial charge in [0.1, 0.15) is 5.75 Å². The van der Waals surface area contributed by atoms with Gasteiger partial charge in [0.2, 0.25) is 0 Å². The zero-order valence-electron chi connectivity index (χ0n) is 12.1. The number of aryl methyl sites for hydroxylation is 1. The van der Waals surface area contributed by atoms with E-state index in [0.29, 0.717) is 5.25 Å². The molecule has 0 spiro atoms. The van der Waals surface area contributed by atoms with Crippen molar-refractivity contribution < 1.29 is 4.74 Å². The van der Waals surface area contributed by atoms with Crippen molar-refractivity contribution in [1.82, 2.24) is 0 Å². The summed E-state index contributed by atoms with van der Waals surface area (Å²) in [7, 11) is 1.69. The molecule has 0 fully saturated rings. The zero-order chi connectivity index (χ0) is 14.5. The van der Waals surface area contributed by atoms with Crippen molar-refractivity contribution in [1.29, 1.82) is 0 Å². The first-order valence-electron chi connectivity index (χ1n) is 6.76. The molecule has 1 aromatic heterocycles. The van der Waals surface area contributed by atoms with Crippen LogP contribution in [-0.2, 0) is 0 Å². The summed E-state index contributed by atoms with van der Waals surface area (Å²) in [6.45, 7) is 4.29. The van der Waals surface area contributed by atoms with Crippen LogP contribution >= 0.6 is 23.1 Å². The number of ether oxygens (including phenoxy) is 1. The van der Waals surface area contributed by atoms with Crippen molar-refractivity contribution in [2.24, 2.45) is 5.73 Å². The molecule has 2 N–H and O–H groups in total. The van der Waals surface area contributed by atoms with Crippen LogP contribution in [-0.4, -0.2) is 13.2 Å². The smallest absolute Gasteiger partial charge is 0.118 e. The SMILES string of the molecule is CCC(N)C(Sc1ccc(OC)cc1)c1ccc(C)s1. The normalized spacial score (nSPS) is 14.0. The summed E-state index contributed by atoms with van der Waals surface area (Å²) in [5, 5.41) is 0.312. The van der Waals surface area contributed by atoms with Gasteiger partial charge in [-0.25, -0.2) is 0 Å². The maximum absolute atomic E-state index is 6.32. The van der Waals surface area contributed by atoms with E-state index in [0.717, 1.165) is 12.2 Å². The average Bonchev–Trinajstić information content (AvgIpc) is 2.91. The van der Waals surface area contributed by atoms with Crippen LogP contribution in [0.3, 0.4) is 0 Å². The second-order valence-corrected chi connectivity index (χ2v) is 7.27. The molecule has 2 aromatic rings. The topological polar surface area (TPSA) is 35.2 Å². The van der Waals surface area contributed by atoms with Gasteiger partial charge in [-0.15, -0.1) is 23.1 Å². The molecule has 0 aliphatic heterocycles. The summed E-state index contributed by atoms with van der Waals surface area (Å²) in [5.41, 5.74) is 6.32. The highest BCUT2D eigenvalue weighted by molar-refractivity contribution is 7.99. The third kappa shape index (κ3) is 3.78. The lowest BCUT2D eigenvalue weighted by Crippen LogP contribution is -2.25. The lowest BCUT2D eigenvalue weighted by atomic mass is 10.1. The molecule has 0 amide bonds. The van der Waals surface area contributed by atoms with E-state index in [9.17, 15) is 0 Å². The van der Waals surface area contributed by atoms with Crippen LogP contribution < -0.4 is 10.5 Å². The van der Waals surface area contributed by atoms with Crippen molar-refractivity contribution in [3.8, 4) is 5.75 Å². The average molecular weight is 307 g/mol. The minimum absolute atomic E-state index is 0.167. The third-order valence-corrected chi connectivity index (χ3v) is 5.86. The lowest BCUT2D eigenvalue weighted by molar-refractivity contribution is 0.414. The Morgan fingerprint density at radius 2 is 1.90 bits per heavy atom. The zero-order valence-corrected chi connectivity index (χ0v) is 13.8. The number of hydrogen-bond acceptors (Lipinski definition) is 4. The van der Waals surface area contributed by atoms with Gasteiger partial charge in [0.25, 0.3) is 0 Å². The minimum Gasteiger partial charge on any atom is -0.497 e. The molecule has 2 nitrogen and oxygen atoms in total. The van der Waals surface area contributed by atoms with E-state index in [4.69, 9.17) is 10.5 Å². The van der Waals surface area contributed by atoms with Gasteiger partial charge >= 0.3 is 0 Å². The summed E-state index contributed by atoms with van der Waals surface area (Å²) in [6.07, 6.45) is 0.977. The fraction of sp³-hybridized carbons (Fsp3) is 0.375. The van der Waals surface area contributed by atoms with E-state index in [1.165, 1.54) is 14.6 Å². The van der Waals surface area contributed by atoms with Crippen LogP contribution in [0.1, 0.15) is 28.3 Å². The summed E-state index contributed by atoms with van der Waals surface area (Å²) in [6, 6.07) is 12.7. The molecule has 0 radical (unpaired) electrons. The quantitative estimate of drug-likeness (QED) is 0.790. The van der Waals surface area contributed by atoms with Crippen LogP contribution in [0.25, 0.3) is 0 Å². The Labute approximate surface area is 129 Å². The molecule has 0 aliphatic rings. The van der Waals surface area contributed by atoms with Crippen molar-refractivity contribution in [2.45, 2.75) is 36.5 Å². The Morgan fingerprint density at radius 3 is 2.40 bits per heavy atom. The van der Waals surface area contributed by atoms with E-state index in [-0.39, 0.29) is 6.04 Å². The van der Waals surface area contributed by atoms with Crippen LogP contribution in [0.4, 0.5) is 0 Å². The number of thiophene rings is 1. The fourth-order valence-electron chi connectivity index (χ4n) is 1.98. The van der Waals surface area contributed by atoms with Gasteiger partial charge in [-0.3, -0.25) is 0 Å². The predicted molar refractivity (Wildman–Crippen MR) is 88.9 cm³/mol. The molecule has 1 heterocycles. The van der Waals surface area contributed by atoms with Gasteiger partial charge in [-0.2, -0.15) is 0 Å². The fourth-order valence-corrected chi connectivity index (χ4v) is 4.35. The number of hydrogen-bond donors (Lipinski definition) is 1. The summed E-state index contributed by atoms with van der Waals surface area (Å²) < 4.78 is 5.20. The van der Waals surface area contributed by atoms with E-state index in [1.54, 1.807) is 7.11 Å². The standard InChI is InChI=1S/C16H21NOS2/c1-4-14(17)16(15-10-5-11(2)19-15)20-13-8-6-12(18-3)7-9-13/h5-10,14,16H,4,17H2,1-3H3. The van der Waals surface area contributed by atoms with Crippen molar-refractivity contribution in [3.63, 3.8) is 0 Å². The predicted octanol–water partition coefficient (Wildman–Crippen LogP) is 4.64. The first-order valence-corrected chi connectivity index (χ1v) is 8.46. The van der Waals surface area contributed by atoms with Gasteiger partial charge in [-0.05, 0) is 49.7 Å². The third-order valence-electron chi connectivity index (χ3n) is 3.22. The lowest BCUT2D eigenvalue weighted by Gasteiger charge is -2.21. The Balaban J connectivity index is 2.18. The maximum atomic E-state index is 6.32. The van der Waals surface area contributed by atoms with Gasteiger partial charge in [-0.1, -0.05) is 6.92 Å². The van der Waals surface area contributed by atoms with Gasteiger partial charge < -0.3 is 10.5 Å². The number of methoxy groups -OCH3 is 1. The van der Waals surface area contributed by atoms with Crippen molar-refractivity contribution in [2.75, 3.05) is 7.11 Å². The van der Waals surface area contributed by atoms with Gasteiger partial charge in [0.15, 0.2) is 0 Å². The second-order valence-electron chi connectivity index (χ2n) is 4.73. The molecular weight excluding hydrogens is 286 g/mol. The van der Waals surface area contributed by atoms with Crippen LogP contribution in [0.2, 0.25) is 0 Å². The van der Waals surface area contributed by atoms with E-state index in [1.807, 2.05) is 35.2 Å². The molecule has 0 aliphatic carbocycles. The number of nitrogens with two attached hydrogens (primary N) is 1. The van der Waals surface area contributed by atoms with E-state index < -0.39 is 0 Å². The molecule has 0 bridgehead atoms. The highest BCUT2D eigenvalue weighted by atomic mass is 32.2. The van der Waals surface area contributed by atoms with Gasteiger partial charge in [0, 0.05) is 20.7 Å². The molecule has 1 aromatic carbocycles. The summed E-state index contributed by atoms with van der Waals surface area (Å²) in [5.74, 6) is 0.887. The first kappa shape index (κ1) is 15.4. The van der Waals surface area contributed by atoms with Gasteiger partial charge in [0.05, 0.1) is 12.4 Å². The Bertz CT molecular complexity index is 536. The summed E-state index contributed by atoms with van der Waals surface area (Å²) in [4.78, 5) is 3.92. The van der Waals surface area contributed by atoms with Crippen LogP contribution in [0.15, 0.2) is 41.3 Å². The van der Waals surface area contributed by atoms with Crippen LogP contribution in [0, 0.1) is 6.92 Å². The van der Waals surface area contributed by atoms with Crippen LogP contribution in [0.5, 0.6) is 5.75 Å². The van der Waals surface area contributed by atoms with E-state index in [2.05, 4.69) is 38.1 Å². The number of thioether (sulfide) groups is 1. The molecular formula is C16H21NOS2. The molecule has 4 heteroatoms. The van der Waals surface area contributed by atoms with Crippen molar-refractivity contribution in [3.05, 3.63) is 46.2 Å². The van der Waals surface area contributed by atoms with E-state index >= 15 is 0 Å². The molecule has 0 saturated carbocycles. The molecule has 108 valence electrons. The Kier molecular flexibility index (Phi) is 5.52. The molecule has 2 unspecified atom stereocenters. The first-order chi connectivity index (χ1) is 9.63. The highest BCUT2D eigenvalue weighted by Gasteiger charge is 2.21. The highest BCUT2D eigenvalue weighted by Crippen LogP contribution is 2.41. The maximum Gasteiger partial charge on any atom is 0.118 e. The molecule has 20 heavy (non-hydrogen) atoms. The Morgan fingerprint density at radius 1 is 1.20 bits per heavy atom. The monoisotopic (exact) mass is 307 g/mol. The Hall–Kier alpha value is -0.970. The largest absolute Gasteiger partial charge is 0.497 e. The molecule has 2 rings (SSSR count). The van der Waals surface area contributed by atoms with Crippen molar-refractivity contribution >= 4 is 23.1 Å². The minimum atomic E-state index is 0.167. The second kappa shape index (κ2) is 7.16.